The number of rotatable bonds is 6. The third kappa shape index (κ3) is 4.99. The lowest BCUT2D eigenvalue weighted by molar-refractivity contribution is 0.167. The van der Waals surface area contributed by atoms with E-state index in [1.807, 2.05) is 13.1 Å². The summed E-state index contributed by atoms with van der Waals surface area (Å²) < 4.78 is 5.47. The molecule has 1 aromatic carbocycles. The largest absolute Gasteiger partial charge is 0.497 e. The van der Waals surface area contributed by atoms with Crippen LogP contribution in [0.1, 0.15) is 57.9 Å². The monoisotopic (exact) mass is 386 g/mol. The van der Waals surface area contributed by atoms with Gasteiger partial charge in [0.2, 0.25) is 0 Å². The van der Waals surface area contributed by atoms with Crippen LogP contribution in [-0.4, -0.2) is 56.7 Å². The van der Waals surface area contributed by atoms with Crippen molar-refractivity contribution in [3.63, 3.8) is 0 Å². The van der Waals surface area contributed by atoms with E-state index in [0.29, 0.717) is 12.1 Å². The molecule has 1 aliphatic heterocycles. The summed E-state index contributed by atoms with van der Waals surface area (Å²) in [4.78, 5) is 7.07. The van der Waals surface area contributed by atoms with E-state index in [2.05, 4.69) is 52.6 Å². The van der Waals surface area contributed by atoms with Gasteiger partial charge in [0.15, 0.2) is 5.96 Å². The van der Waals surface area contributed by atoms with Crippen molar-refractivity contribution in [2.45, 2.75) is 69.9 Å². The molecule has 0 aromatic heterocycles. The Morgan fingerprint density at radius 2 is 1.96 bits per heavy atom. The number of guanidine groups is 1. The van der Waals surface area contributed by atoms with E-state index in [-0.39, 0.29) is 5.41 Å². The van der Waals surface area contributed by atoms with Gasteiger partial charge in [0, 0.05) is 44.2 Å². The molecule has 1 saturated heterocycles. The van der Waals surface area contributed by atoms with Crippen LogP contribution in [0.4, 0.5) is 0 Å². The predicted molar refractivity (Wildman–Crippen MR) is 117 cm³/mol. The van der Waals surface area contributed by atoms with Gasteiger partial charge >= 0.3 is 0 Å². The van der Waals surface area contributed by atoms with Crippen molar-refractivity contribution in [1.82, 2.24) is 15.5 Å². The Hall–Kier alpha value is -1.75. The highest BCUT2D eigenvalue weighted by Gasteiger charge is 2.36. The van der Waals surface area contributed by atoms with Crippen molar-refractivity contribution >= 4 is 5.96 Å². The summed E-state index contributed by atoms with van der Waals surface area (Å²) >= 11 is 0. The molecule has 0 amide bonds. The van der Waals surface area contributed by atoms with Crippen molar-refractivity contribution in [2.75, 3.05) is 33.8 Å². The van der Waals surface area contributed by atoms with Gasteiger partial charge in [-0.05, 0) is 57.2 Å². The molecular weight excluding hydrogens is 348 g/mol. The van der Waals surface area contributed by atoms with Crippen LogP contribution in [0.25, 0.3) is 0 Å². The molecule has 1 saturated carbocycles. The van der Waals surface area contributed by atoms with Gasteiger partial charge in [-0.2, -0.15) is 0 Å². The van der Waals surface area contributed by atoms with Crippen molar-refractivity contribution in [2.24, 2.45) is 4.99 Å². The minimum Gasteiger partial charge on any atom is -0.497 e. The second-order valence-corrected chi connectivity index (χ2v) is 8.69. The molecule has 0 radical (unpaired) electrons. The van der Waals surface area contributed by atoms with Crippen molar-refractivity contribution in [3.05, 3.63) is 29.8 Å². The SMILES string of the molecule is CN=C(NCC1(c2cccc(OC)c2)CCCC1)NC1CCN(C(C)C)CC1. The lowest BCUT2D eigenvalue weighted by Gasteiger charge is -2.36. The molecule has 5 nitrogen and oxygen atoms in total. The van der Waals surface area contributed by atoms with Gasteiger partial charge < -0.3 is 20.3 Å². The minimum absolute atomic E-state index is 0.174. The van der Waals surface area contributed by atoms with Crippen molar-refractivity contribution in [1.29, 1.82) is 0 Å². The summed E-state index contributed by atoms with van der Waals surface area (Å²) in [5.74, 6) is 1.89. The Bertz CT molecular complexity index is 644. The first-order valence-electron chi connectivity index (χ1n) is 10.9. The fourth-order valence-corrected chi connectivity index (χ4v) is 4.77. The normalized spacial score (nSPS) is 21.1. The Kier molecular flexibility index (Phi) is 7.22. The Balaban J connectivity index is 1.60. The molecule has 0 bridgehead atoms. The molecule has 2 fully saturated rings. The van der Waals surface area contributed by atoms with Gasteiger partial charge in [0.25, 0.3) is 0 Å². The fraction of sp³-hybridized carbons (Fsp3) is 0.696. The predicted octanol–water partition coefficient (Wildman–Crippen LogP) is 3.54. The molecule has 5 heteroatoms. The Morgan fingerprint density at radius 1 is 1.25 bits per heavy atom. The van der Waals surface area contributed by atoms with Gasteiger partial charge in [-0.25, -0.2) is 0 Å². The molecule has 2 N–H and O–H groups in total. The van der Waals surface area contributed by atoms with E-state index in [9.17, 15) is 0 Å². The smallest absolute Gasteiger partial charge is 0.191 e. The summed E-state index contributed by atoms with van der Waals surface area (Å²) in [6.45, 7) is 7.83. The Morgan fingerprint density at radius 3 is 2.57 bits per heavy atom. The van der Waals surface area contributed by atoms with E-state index in [1.165, 1.54) is 57.2 Å². The molecule has 3 rings (SSSR count). The number of ether oxygens (including phenoxy) is 1. The average Bonchev–Trinajstić information content (AvgIpc) is 3.21. The highest BCUT2D eigenvalue weighted by molar-refractivity contribution is 5.80. The number of hydrogen-bond acceptors (Lipinski definition) is 3. The molecule has 1 aliphatic carbocycles. The third-order valence-corrected chi connectivity index (χ3v) is 6.66. The van der Waals surface area contributed by atoms with Gasteiger partial charge in [-0.1, -0.05) is 25.0 Å². The van der Waals surface area contributed by atoms with Gasteiger partial charge in [-0.15, -0.1) is 0 Å². The minimum atomic E-state index is 0.174. The molecular formula is C23H38N4O. The number of hydrogen-bond donors (Lipinski definition) is 2. The highest BCUT2D eigenvalue weighted by atomic mass is 16.5. The van der Waals surface area contributed by atoms with Gasteiger partial charge in [0.1, 0.15) is 5.75 Å². The topological polar surface area (TPSA) is 48.9 Å². The standard InChI is InChI=1S/C23H38N4O/c1-18(2)27-14-10-20(11-15-27)26-22(24-3)25-17-23(12-5-6-13-23)19-8-7-9-21(16-19)28-4/h7-9,16,18,20H,5-6,10-15,17H2,1-4H3,(H2,24,25,26). The quantitative estimate of drug-likeness (QED) is 0.580. The van der Waals surface area contributed by atoms with Crippen LogP contribution in [0.15, 0.2) is 29.3 Å². The van der Waals surface area contributed by atoms with Crippen LogP contribution in [0.2, 0.25) is 0 Å². The summed E-state index contributed by atoms with van der Waals surface area (Å²) in [5, 5.41) is 7.32. The molecule has 0 unspecified atom stereocenters. The first-order chi connectivity index (χ1) is 13.6. The Labute approximate surface area is 170 Å². The number of methoxy groups -OCH3 is 1. The third-order valence-electron chi connectivity index (χ3n) is 6.66. The molecule has 0 spiro atoms. The van der Waals surface area contributed by atoms with Crippen LogP contribution in [0.5, 0.6) is 5.75 Å². The van der Waals surface area contributed by atoms with E-state index in [0.717, 1.165) is 18.3 Å². The van der Waals surface area contributed by atoms with Crippen LogP contribution in [0.3, 0.4) is 0 Å². The average molecular weight is 387 g/mol. The van der Waals surface area contributed by atoms with E-state index in [4.69, 9.17) is 4.74 Å². The highest BCUT2D eigenvalue weighted by Crippen LogP contribution is 2.41. The zero-order valence-corrected chi connectivity index (χ0v) is 18.1. The van der Waals surface area contributed by atoms with Crippen LogP contribution >= 0.6 is 0 Å². The van der Waals surface area contributed by atoms with Crippen LogP contribution in [-0.2, 0) is 5.41 Å². The first-order valence-corrected chi connectivity index (χ1v) is 10.9. The number of nitrogens with zero attached hydrogens (tertiary/aromatic N) is 2. The molecule has 1 aromatic rings. The van der Waals surface area contributed by atoms with Crippen LogP contribution < -0.4 is 15.4 Å². The zero-order chi connectivity index (χ0) is 20.0. The summed E-state index contributed by atoms with van der Waals surface area (Å²) in [7, 11) is 3.63. The molecule has 28 heavy (non-hydrogen) atoms. The number of piperidine rings is 1. The van der Waals surface area contributed by atoms with E-state index >= 15 is 0 Å². The second-order valence-electron chi connectivity index (χ2n) is 8.69. The van der Waals surface area contributed by atoms with E-state index in [1.54, 1.807) is 7.11 Å². The summed E-state index contributed by atoms with van der Waals surface area (Å²) in [6.07, 6.45) is 7.38. The van der Waals surface area contributed by atoms with Gasteiger partial charge in [-0.3, -0.25) is 4.99 Å². The first kappa shape index (κ1) is 21.0. The second kappa shape index (κ2) is 9.64. The maximum absolute atomic E-state index is 5.47. The molecule has 2 aliphatic rings. The van der Waals surface area contributed by atoms with Gasteiger partial charge in [0.05, 0.1) is 7.11 Å². The number of benzene rings is 1. The van der Waals surface area contributed by atoms with Crippen molar-refractivity contribution in [3.8, 4) is 5.75 Å². The maximum Gasteiger partial charge on any atom is 0.191 e. The fourth-order valence-electron chi connectivity index (χ4n) is 4.77. The number of likely N-dealkylation sites (tertiary alicyclic amines) is 1. The zero-order valence-electron chi connectivity index (χ0n) is 18.1. The maximum atomic E-state index is 5.47. The molecule has 1 heterocycles. The number of nitrogens with one attached hydrogen (secondary N) is 2. The molecule has 156 valence electrons. The van der Waals surface area contributed by atoms with Crippen LogP contribution in [0, 0.1) is 0 Å². The van der Waals surface area contributed by atoms with E-state index < -0.39 is 0 Å². The number of aliphatic imine (C=N–C) groups is 1. The lowest BCUT2D eigenvalue weighted by Crippen LogP contribution is -2.51. The molecule has 0 atom stereocenters. The van der Waals surface area contributed by atoms with Crippen molar-refractivity contribution < 1.29 is 4.74 Å². The lowest BCUT2D eigenvalue weighted by atomic mass is 9.78. The summed E-state index contributed by atoms with van der Waals surface area (Å²) in [5.41, 5.74) is 1.56. The summed E-state index contributed by atoms with van der Waals surface area (Å²) in [6, 6.07) is 9.77.